The number of para-hydroxylation sites is 1. The van der Waals surface area contributed by atoms with E-state index in [1.165, 1.54) is 24.0 Å². The highest BCUT2D eigenvalue weighted by molar-refractivity contribution is 7.22. The zero-order chi connectivity index (χ0) is 16.6. The molecule has 0 spiro atoms. The monoisotopic (exact) mass is 337 g/mol. The van der Waals surface area contributed by atoms with Gasteiger partial charge >= 0.3 is 0 Å². The van der Waals surface area contributed by atoms with Crippen LogP contribution < -0.4 is 5.01 Å². The fraction of sp³-hybridized carbons (Fsp3) is 0.300. The van der Waals surface area contributed by atoms with Crippen LogP contribution in [0.5, 0.6) is 0 Å². The lowest BCUT2D eigenvalue weighted by Crippen LogP contribution is -2.17. The Labute approximate surface area is 147 Å². The predicted molar refractivity (Wildman–Crippen MR) is 105 cm³/mol. The molecule has 0 amide bonds. The van der Waals surface area contributed by atoms with Crippen LogP contribution in [-0.2, 0) is 0 Å². The van der Waals surface area contributed by atoms with E-state index in [2.05, 4.69) is 37.3 Å². The number of hydrazone groups is 1. The minimum absolute atomic E-state index is 0.906. The van der Waals surface area contributed by atoms with E-state index >= 15 is 0 Å². The molecule has 0 bridgehead atoms. The normalized spacial score (nSPS) is 11.4. The summed E-state index contributed by atoms with van der Waals surface area (Å²) in [6.07, 6.45) is 6.81. The van der Waals surface area contributed by atoms with Gasteiger partial charge in [0.15, 0.2) is 0 Å². The number of hydrogen-bond acceptors (Lipinski definition) is 4. The fourth-order valence-electron chi connectivity index (χ4n) is 2.54. The number of nitrogens with zero attached hydrogens (tertiary/aromatic N) is 3. The van der Waals surface area contributed by atoms with Crippen molar-refractivity contribution in [3.05, 3.63) is 60.2 Å². The predicted octanol–water partition coefficient (Wildman–Crippen LogP) is 5.72. The fourth-order valence-corrected chi connectivity index (χ4v) is 3.49. The van der Waals surface area contributed by atoms with Gasteiger partial charge in [0.25, 0.3) is 0 Å². The van der Waals surface area contributed by atoms with E-state index in [1.807, 2.05) is 35.5 Å². The molecule has 0 aliphatic rings. The van der Waals surface area contributed by atoms with E-state index < -0.39 is 0 Å². The van der Waals surface area contributed by atoms with Gasteiger partial charge in [0.05, 0.1) is 16.4 Å². The van der Waals surface area contributed by atoms with Crippen LogP contribution in [0.4, 0.5) is 5.13 Å². The van der Waals surface area contributed by atoms with E-state index in [0.717, 1.165) is 29.2 Å². The van der Waals surface area contributed by atoms with Crippen molar-refractivity contribution in [2.45, 2.75) is 32.6 Å². The summed E-state index contributed by atoms with van der Waals surface area (Å²) in [4.78, 5) is 4.75. The van der Waals surface area contributed by atoms with Gasteiger partial charge in [0.1, 0.15) is 0 Å². The molecule has 0 aliphatic heterocycles. The molecule has 24 heavy (non-hydrogen) atoms. The van der Waals surface area contributed by atoms with Crippen LogP contribution in [0, 0.1) is 0 Å². The number of rotatable bonds is 8. The topological polar surface area (TPSA) is 28.5 Å². The molecule has 0 saturated heterocycles. The quantitative estimate of drug-likeness (QED) is 0.299. The molecule has 4 heteroatoms. The van der Waals surface area contributed by atoms with Crippen molar-refractivity contribution < 1.29 is 0 Å². The van der Waals surface area contributed by atoms with Crippen LogP contribution in [0.1, 0.15) is 38.2 Å². The van der Waals surface area contributed by atoms with Crippen molar-refractivity contribution >= 4 is 32.9 Å². The third kappa shape index (κ3) is 4.42. The van der Waals surface area contributed by atoms with Gasteiger partial charge in [-0.1, -0.05) is 80.0 Å². The van der Waals surface area contributed by atoms with Crippen LogP contribution in [0.15, 0.2) is 59.7 Å². The molecule has 3 rings (SSSR count). The summed E-state index contributed by atoms with van der Waals surface area (Å²) < 4.78 is 1.21. The minimum atomic E-state index is 0.906. The van der Waals surface area contributed by atoms with Crippen molar-refractivity contribution in [3.63, 3.8) is 0 Å². The molecular weight excluding hydrogens is 314 g/mol. The Morgan fingerprint density at radius 3 is 2.58 bits per heavy atom. The Morgan fingerprint density at radius 1 is 1.00 bits per heavy atom. The highest BCUT2D eigenvalue weighted by atomic mass is 32.1. The van der Waals surface area contributed by atoms with Gasteiger partial charge in [-0.15, -0.1) is 0 Å². The molecule has 3 nitrogen and oxygen atoms in total. The van der Waals surface area contributed by atoms with E-state index in [9.17, 15) is 0 Å². The summed E-state index contributed by atoms with van der Waals surface area (Å²) in [7, 11) is 0. The third-order valence-electron chi connectivity index (χ3n) is 3.87. The molecule has 3 aromatic rings. The van der Waals surface area contributed by atoms with Gasteiger partial charge in [-0.2, -0.15) is 5.10 Å². The summed E-state index contributed by atoms with van der Waals surface area (Å²) in [5.74, 6) is 0. The molecule has 0 aliphatic carbocycles. The highest BCUT2D eigenvalue weighted by Gasteiger charge is 2.10. The average Bonchev–Trinajstić information content (AvgIpc) is 3.06. The number of aromatic nitrogens is 1. The van der Waals surface area contributed by atoms with Gasteiger partial charge in [-0.05, 0) is 24.1 Å². The van der Waals surface area contributed by atoms with Gasteiger partial charge in [0.2, 0.25) is 5.13 Å². The van der Waals surface area contributed by atoms with Crippen molar-refractivity contribution in [1.82, 2.24) is 4.98 Å². The summed E-state index contributed by atoms with van der Waals surface area (Å²) in [5.41, 5.74) is 2.16. The lowest BCUT2D eigenvalue weighted by Gasteiger charge is -2.15. The first-order chi connectivity index (χ1) is 11.9. The van der Waals surface area contributed by atoms with Gasteiger partial charge in [-0.3, -0.25) is 0 Å². The molecule has 0 fully saturated rings. The maximum atomic E-state index is 4.75. The summed E-state index contributed by atoms with van der Waals surface area (Å²) in [6.45, 7) is 3.14. The molecule has 124 valence electrons. The molecule has 0 radical (unpaired) electrons. The Bertz CT molecular complexity index is 747. The molecule has 0 unspecified atom stereocenters. The Morgan fingerprint density at radius 2 is 1.79 bits per heavy atom. The molecule has 2 aromatic carbocycles. The van der Waals surface area contributed by atoms with E-state index in [4.69, 9.17) is 10.1 Å². The SMILES string of the molecule is CCCCCCN(/N=C/c1ccccc1)c1nc2ccccc2s1. The molecule has 0 atom stereocenters. The van der Waals surface area contributed by atoms with Crippen molar-refractivity contribution in [1.29, 1.82) is 0 Å². The van der Waals surface area contributed by atoms with Crippen LogP contribution >= 0.6 is 11.3 Å². The zero-order valence-electron chi connectivity index (χ0n) is 14.1. The number of fused-ring (bicyclic) bond motifs is 1. The first-order valence-electron chi connectivity index (χ1n) is 8.59. The van der Waals surface area contributed by atoms with Crippen molar-refractivity contribution in [3.8, 4) is 0 Å². The molecule has 0 saturated carbocycles. The van der Waals surface area contributed by atoms with Crippen molar-refractivity contribution in [2.75, 3.05) is 11.6 Å². The first kappa shape index (κ1) is 16.7. The Hall–Kier alpha value is -2.20. The van der Waals surface area contributed by atoms with Crippen molar-refractivity contribution in [2.24, 2.45) is 5.10 Å². The second-order valence-electron chi connectivity index (χ2n) is 5.80. The molecular formula is C20H23N3S. The molecule has 1 aromatic heterocycles. The van der Waals surface area contributed by atoms with Gasteiger partial charge in [-0.25, -0.2) is 9.99 Å². The Kier molecular flexibility index (Phi) is 5.96. The summed E-state index contributed by atoms with van der Waals surface area (Å²) >= 11 is 1.71. The minimum Gasteiger partial charge on any atom is -0.239 e. The number of benzene rings is 2. The van der Waals surface area contributed by atoms with E-state index in [0.29, 0.717) is 0 Å². The summed E-state index contributed by atoms with van der Waals surface area (Å²) in [6, 6.07) is 18.5. The summed E-state index contributed by atoms with van der Waals surface area (Å²) in [5, 5.41) is 7.73. The smallest absolute Gasteiger partial charge is 0.207 e. The number of unbranched alkanes of at least 4 members (excludes halogenated alkanes) is 3. The maximum Gasteiger partial charge on any atom is 0.207 e. The van der Waals surface area contributed by atoms with Crippen LogP contribution in [0.3, 0.4) is 0 Å². The number of thiazole rings is 1. The third-order valence-corrected chi connectivity index (χ3v) is 4.92. The highest BCUT2D eigenvalue weighted by Crippen LogP contribution is 2.29. The van der Waals surface area contributed by atoms with E-state index in [-0.39, 0.29) is 0 Å². The molecule has 0 N–H and O–H groups in total. The number of anilines is 1. The average molecular weight is 337 g/mol. The maximum absolute atomic E-state index is 4.75. The lowest BCUT2D eigenvalue weighted by atomic mass is 10.2. The van der Waals surface area contributed by atoms with Crippen LogP contribution in [0.2, 0.25) is 0 Å². The molecule has 1 heterocycles. The zero-order valence-corrected chi connectivity index (χ0v) is 14.9. The second kappa shape index (κ2) is 8.60. The largest absolute Gasteiger partial charge is 0.239 e. The lowest BCUT2D eigenvalue weighted by molar-refractivity contribution is 0.651. The first-order valence-corrected chi connectivity index (χ1v) is 9.40. The van der Waals surface area contributed by atoms with Gasteiger partial charge in [0, 0.05) is 6.54 Å². The van der Waals surface area contributed by atoms with Crippen LogP contribution in [-0.4, -0.2) is 17.7 Å². The Balaban J connectivity index is 1.79. The van der Waals surface area contributed by atoms with Gasteiger partial charge < -0.3 is 0 Å². The standard InChI is InChI=1S/C20H23N3S/c1-2-3-4-10-15-23(21-16-17-11-6-5-7-12-17)20-22-18-13-8-9-14-19(18)24-20/h5-9,11-14,16H,2-4,10,15H2,1H3/b21-16+. The van der Waals surface area contributed by atoms with E-state index in [1.54, 1.807) is 11.3 Å². The van der Waals surface area contributed by atoms with Crippen LogP contribution in [0.25, 0.3) is 10.2 Å². The number of hydrogen-bond donors (Lipinski definition) is 0. The second-order valence-corrected chi connectivity index (χ2v) is 6.81.